The lowest BCUT2D eigenvalue weighted by Crippen LogP contribution is -2.41. The first kappa shape index (κ1) is 26.4. The van der Waals surface area contributed by atoms with E-state index in [1.165, 1.54) is 12.1 Å². The molecule has 9 nitrogen and oxygen atoms in total. The van der Waals surface area contributed by atoms with E-state index >= 15 is 0 Å². The molecule has 4 heterocycles. The van der Waals surface area contributed by atoms with Gasteiger partial charge in [-0.2, -0.15) is 0 Å². The zero-order valence-electron chi connectivity index (χ0n) is 23.0. The number of aromatic nitrogens is 1. The zero-order chi connectivity index (χ0) is 28.5. The van der Waals surface area contributed by atoms with Crippen molar-refractivity contribution in [2.24, 2.45) is 0 Å². The van der Waals surface area contributed by atoms with Gasteiger partial charge in [0, 0.05) is 18.7 Å². The predicted molar refractivity (Wildman–Crippen MR) is 150 cm³/mol. The molecule has 0 fully saturated rings. The van der Waals surface area contributed by atoms with Gasteiger partial charge in [-0.15, -0.1) is 0 Å². The number of nitrogens with one attached hydrogen (secondary N) is 1. The minimum Gasteiger partial charge on any atom is -0.507 e. The summed E-state index contributed by atoms with van der Waals surface area (Å²) < 4.78 is 17.5. The zero-order valence-corrected chi connectivity index (χ0v) is 23.0. The molecule has 41 heavy (non-hydrogen) atoms. The molecule has 0 radical (unpaired) electrons. The number of carbonyl (C=O) groups is 2. The summed E-state index contributed by atoms with van der Waals surface area (Å²) in [4.78, 5) is 28.4. The highest BCUT2D eigenvalue weighted by Gasteiger charge is 2.33. The Balaban J connectivity index is 1.40. The summed E-state index contributed by atoms with van der Waals surface area (Å²) in [5, 5.41) is 17.1. The third kappa shape index (κ3) is 5.35. The van der Waals surface area contributed by atoms with Crippen LogP contribution >= 0.6 is 0 Å². The number of phenolic OH excluding ortho intramolecular Hbond substituents is 1. The summed E-state index contributed by atoms with van der Waals surface area (Å²) in [5.41, 5.74) is 4.72. The van der Waals surface area contributed by atoms with Gasteiger partial charge in [0.05, 0.1) is 30.3 Å². The van der Waals surface area contributed by atoms with Gasteiger partial charge in [0.1, 0.15) is 28.8 Å². The SMILES string of the molecule is Cc1noc(C)c1CC(=O)N1CCc2cc3ccc2C1c1cccc(c1)OCCCNC(=O)c1cc(ccc1O)O3. The fraction of sp³-hybridized carbons (Fsp3) is 0.281. The largest absolute Gasteiger partial charge is 0.507 e. The molecular formula is C32H31N3O6. The molecule has 0 saturated carbocycles. The molecule has 3 aliphatic rings. The van der Waals surface area contributed by atoms with Crippen molar-refractivity contribution < 1.29 is 28.7 Å². The highest BCUT2D eigenvalue weighted by Crippen LogP contribution is 2.39. The second kappa shape index (κ2) is 11.0. The molecule has 210 valence electrons. The van der Waals surface area contributed by atoms with Gasteiger partial charge in [0.2, 0.25) is 5.91 Å². The number of hydrogen-bond acceptors (Lipinski definition) is 7. The number of nitrogens with zero attached hydrogens (tertiary/aromatic N) is 2. The van der Waals surface area contributed by atoms with Crippen LogP contribution < -0.4 is 14.8 Å². The summed E-state index contributed by atoms with van der Waals surface area (Å²) in [6, 6.07) is 18.0. The fourth-order valence-electron chi connectivity index (χ4n) is 5.53. The van der Waals surface area contributed by atoms with Crippen LogP contribution in [0.1, 0.15) is 56.5 Å². The van der Waals surface area contributed by atoms with Gasteiger partial charge in [-0.25, -0.2) is 0 Å². The number of phenols is 1. The van der Waals surface area contributed by atoms with E-state index in [9.17, 15) is 14.7 Å². The van der Waals surface area contributed by atoms with E-state index in [4.69, 9.17) is 14.0 Å². The average Bonchev–Trinajstić information content (AvgIpc) is 3.29. The summed E-state index contributed by atoms with van der Waals surface area (Å²) in [7, 11) is 0. The molecule has 1 aromatic heterocycles. The van der Waals surface area contributed by atoms with E-state index in [0.717, 1.165) is 27.9 Å². The van der Waals surface area contributed by atoms with Crippen LogP contribution in [-0.4, -0.2) is 46.7 Å². The minimum absolute atomic E-state index is 0.00352. The highest BCUT2D eigenvalue weighted by atomic mass is 16.5. The lowest BCUT2D eigenvalue weighted by molar-refractivity contribution is -0.132. The molecule has 0 spiro atoms. The summed E-state index contributed by atoms with van der Waals surface area (Å²) >= 11 is 0. The predicted octanol–water partition coefficient (Wildman–Crippen LogP) is 5.02. The van der Waals surface area contributed by atoms with E-state index in [1.807, 2.05) is 61.2 Å². The van der Waals surface area contributed by atoms with Gasteiger partial charge in [0.15, 0.2) is 0 Å². The third-order valence-electron chi connectivity index (χ3n) is 7.67. The summed E-state index contributed by atoms with van der Waals surface area (Å²) in [6.45, 7) is 4.97. The van der Waals surface area contributed by atoms with Crippen LogP contribution in [-0.2, 0) is 17.6 Å². The van der Waals surface area contributed by atoms with Gasteiger partial charge in [0.25, 0.3) is 5.91 Å². The highest BCUT2D eigenvalue weighted by molar-refractivity contribution is 5.97. The van der Waals surface area contributed by atoms with Crippen LogP contribution in [0.5, 0.6) is 23.0 Å². The fourth-order valence-corrected chi connectivity index (χ4v) is 5.53. The number of hydrogen-bond donors (Lipinski definition) is 2. The Labute approximate surface area is 237 Å². The molecule has 0 saturated heterocycles. The average molecular weight is 554 g/mol. The van der Waals surface area contributed by atoms with Gasteiger partial charge >= 0.3 is 0 Å². The molecule has 8 bridgehead atoms. The number of fused-ring (bicyclic) bond motifs is 6. The first-order valence-corrected chi connectivity index (χ1v) is 13.7. The quantitative estimate of drug-likeness (QED) is 0.358. The molecule has 2 N–H and O–H groups in total. The lowest BCUT2D eigenvalue weighted by Gasteiger charge is -2.38. The van der Waals surface area contributed by atoms with Crippen molar-refractivity contribution >= 4 is 11.8 Å². The van der Waals surface area contributed by atoms with Crippen LogP contribution in [0.4, 0.5) is 0 Å². The Morgan fingerprint density at radius 3 is 2.73 bits per heavy atom. The number of benzene rings is 3. The van der Waals surface area contributed by atoms with Gasteiger partial charge in [-0.1, -0.05) is 23.4 Å². The van der Waals surface area contributed by atoms with Crippen molar-refractivity contribution in [3.05, 3.63) is 99.9 Å². The standard InChI is InChI=1S/C32H31N3O6/c1-19-27(20(2)41-34-19)18-30(37)35-13-11-21-15-24-7-9-26(21)31(35)22-5-3-6-23(16-22)39-14-4-12-33-32(38)28-17-25(40-24)8-10-29(28)36/h3,5-10,15-17,31,36H,4,11-14,18H2,1-2H3,(H,33,38). The Kier molecular flexibility index (Phi) is 7.09. The van der Waals surface area contributed by atoms with Crippen LogP contribution in [0.3, 0.4) is 0 Å². The Bertz CT molecular complexity index is 1610. The number of rotatable bonds is 2. The number of carbonyl (C=O) groups excluding carboxylic acids is 2. The van der Waals surface area contributed by atoms with Gasteiger partial charge < -0.3 is 29.3 Å². The molecule has 7 rings (SSSR count). The van der Waals surface area contributed by atoms with Crippen LogP contribution in [0.2, 0.25) is 0 Å². The second-order valence-corrected chi connectivity index (χ2v) is 10.4. The van der Waals surface area contributed by atoms with Crippen LogP contribution in [0, 0.1) is 13.8 Å². The van der Waals surface area contributed by atoms with E-state index in [0.29, 0.717) is 55.5 Å². The van der Waals surface area contributed by atoms with E-state index in [-0.39, 0.29) is 35.6 Å². The van der Waals surface area contributed by atoms with E-state index < -0.39 is 0 Å². The van der Waals surface area contributed by atoms with Crippen molar-refractivity contribution in [3.8, 4) is 23.0 Å². The maximum atomic E-state index is 13.8. The summed E-state index contributed by atoms with van der Waals surface area (Å²) in [5.74, 6) is 1.88. The first-order valence-electron chi connectivity index (χ1n) is 13.7. The minimum atomic E-state index is -0.384. The Hall–Kier alpha value is -4.79. The third-order valence-corrected chi connectivity index (χ3v) is 7.67. The summed E-state index contributed by atoms with van der Waals surface area (Å²) in [6.07, 6.45) is 1.43. The molecular weight excluding hydrogens is 522 g/mol. The van der Waals surface area contributed by atoms with Crippen molar-refractivity contribution in [3.63, 3.8) is 0 Å². The number of aryl methyl sites for hydroxylation is 2. The molecule has 3 aromatic carbocycles. The lowest BCUT2D eigenvalue weighted by atomic mass is 9.87. The number of aromatic hydroxyl groups is 1. The number of amides is 2. The van der Waals surface area contributed by atoms with Crippen LogP contribution in [0.15, 0.2) is 65.2 Å². The smallest absolute Gasteiger partial charge is 0.255 e. The molecule has 0 aliphatic carbocycles. The number of ether oxygens (including phenoxy) is 2. The molecule has 2 amide bonds. The van der Waals surface area contributed by atoms with E-state index in [1.54, 1.807) is 6.07 Å². The normalized spacial score (nSPS) is 16.7. The Morgan fingerprint density at radius 2 is 1.90 bits per heavy atom. The monoisotopic (exact) mass is 553 g/mol. The second-order valence-electron chi connectivity index (χ2n) is 10.4. The van der Waals surface area contributed by atoms with Crippen LogP contribution in [0.25, 0.3) is 0 Å². The van der Waals surface area contributed by atoms with Crippen molar-refractivity contribution in [1.82, 2.24) is 15.4 Å². The van der Waals surface area contributed by atoms with Gasteiger partial charge in [-0.05, 0) is 85.8 Å². The molecule has 3 aliphatic heterocycles. The van der Waals surface area contributed by atoms with Crippen molar-refractivity contribution in [1.29, 1.82) is 0 Å². The molecule has 1 unspecified atom stereocenters. The molecule has 9 heteroatoms. The van der Waals surface area contributed by atoms with Crippen molar-refractivity contribution in [2.45, 2.75) is 39.2 Å². The van der Waals surface area contributed by atoms with E-state index in [2.05, 4.69) is 10.5 Å². The maximum Gasteiger partial charge on any atom is 0.255 e. The maximum absolute atomic E-state index is 13.8. The van der Waals surface area contributed by atoms with Crippen molar-refractivity contribution in [2.75, 3.05) is 19.7 Å². The molecule has 1 atom stereocenters. The van der Waals surface area contributed by atoms with Gasteiger partial charge in [-0.3, -0.25) is 9.59 Å². The Morgan fingerprint density at radius 1 is 1.07 bits per heavy atom. The topological polar surface area (TPSA) is 114 Å². The first-order chi connectivity index (χ1) is 19.9. The molecule has 4 aromatic rings.